The average molecular weight is 252 g/mol. The summed E-state index contributed by atoms with van der Waals surface area (Å²) in [7, 11) is 0. The second-order valence-electron chi connectivity index (χ2n) is 6.73. The molecule has 18 heavy (non-hydrogen) atoms. The molecule has 0 aromatic carbocycles. The number of rotatable bonds is 4. The fraction of sp³-hybridized carbons (Fsp3) is 0.933. The fourth-order valence-electron chi connectivity index (χ4n) is 3.83. The van der Waals surface area contributed by atoms with Crippen molar-refractivity contribution in [1.29, 1.82) is 0 Å². The van der Waals surface area contributed by atoms with E-state index in [4.69, 9.17) is 5.73 Å². The molecule has 0 aromatic heterocycles. The molecule has 2 saturated carbocycles. The summed E-state index contributed by atoms with van der Waals surface area (Å²) in [6.45, 7) is 5.88. The lowest BCUT2D eigenvalue weighted by atomic mass is 9.62. The zero-order chi connectivity index (χ0) is 13.2. The molecule has 0 radical (unpaired) electrons. The van der Waals surface area contributed by atoms with Crippen LogP contribution in [-0.4, -0.2) is 19.0 Å². The standard InChI is InChI=1S/C15H28N2O/c1-11-7-15(8-11,10-16)14(18)17-9-13-6-4-3-5-12(13)2/h11-13H,3-10,16H2,1-2H3,(H,17,18). The quantitative estimate of drug-likeness (QED) is 0.806. The van der Waals surface area contributed by atoms with E-state index in [0.29, 0.717) is 18.4 Å². The number of nitrogens with one attached hydrogen (secondary N) is 1. The van der Waals surface area contributed by atoms with Gasteiger partial charge in [-0.25, -0.2) is 0 Å². The third-order valence-corrected chi connectivity index (χ3v) is 5.16. The van der Waals surface area contributed by atoms with Crippen LogP contribution in [0.2, 0.25) is 0 Å². The molecular weight excluding hydrogens is 224 g/mol. The highest BCUT2D eigenvalue weighted by Crippen LogP contribution is 2.44. The minimum atomic E-state index is -0.239. The molecule has 0 saturated heterocycles. The largest absolute Gasteiger partial charge is 0.355 e. The Morgan fingerprint density at radius 3 is 2.50 bits per heavy atom. The van der Waals surface area contributed by atoms with Crippen molar-refractivity contribution in [3.8, 4) is 0 Å². The van der Waals surface area contributed by atoms with Crippen molar-refractivity contribution in [2.24, 2.45) is 28.9 Å². The van der Waals surface area contributed by atoms with Crippen molar-refractivity contribution in [2.75, 3.05) is 13.1 Å². The Hall–Kier alpha value is -0.570. The lowest BCUT2D eigenvalue weighted by molar-refractivity contribution is -0.138. The van der Waals surface area contributed by atoms with Gasteiger partial charge in [0.2, 0.25) is 5.91 Å². The van der Waals surface area contributed by atoms with E-state index >= 15 is 0 Å². The van der Waals surface area contributed by atoms with Crippen LogP contribution in [0.25, 0.3) is 0 Å². The van der Waals surface area contributed by atoms with E-state index in [1.54, 1.807) is 0 Å². The van der Waals surface area contributed by atoms with Crippen LogP contribution in [0.4, 0.5) is 0 Å². The van der Waals surface area contributed by atoms with Crippen LogP contribution in [0.1, 0.15) is 52.4 Å². The van der Waals surface area contributed by atoms with Gasteiger partial charge in [0.25, 0.3) is 0 Å². The summed E-state index contributed by atoms with van der Waals surface area (Å²) in [6.07, 6.45) is 7.21. The van der Waals surface area contributed by atoms with Crippen LogP contribution in [0.3, 0.4) is 0 Å². The Labute approximate surface area is 111 Å². The first-order valence-electron chi connectivity index (χ1n) is 7.56. The first-order valence-corrected chi connectivity index (χ1v) is 7.56. The molecule has 0 spiro atoms. The average Bonchev–Trinajstić information content (AvgIpc) is 2.33. The topological polar surface area (TPSA) is 55.1 Å². The Morgan fingerprint density at radius 2 is 1.94 bits per heavy atom. The molecule has 1 amide bonds. The number of nitrogens with two attached hydrogens (primary N) is 1. The molecule has 3 heteroatoms. The molecule has 3 N–H and O–H groups in total. The van der Waals surface area contributed by atoms with Crippen LogP contribution in [0, 0.1) is 23.2 Å². The second-order valence-corrected chi connectivity index (χ2v) is 6.73. The summed E-state index contributed by atoms with van der Waals surface area (Å²) >= 11 is 0. The number of hydrogen-bond acceptors (Lipinski definition) is 2. The molecule has 104 valence electrons. The van der Waals surface area contributed by atoms with E-state index in [9.17, 15) is 4.79 Å². The first kappa shape index (κ1) is 13.9. The van der Waals surface area contributed by atoms with Crippen LogP contribution >= 0.6 is 0 Å². The molecule has 0 aliphatic heterocycles. The van der Waals surface area contributed by atoms with Crippen LogP contribution in [-0.2, 0) is 4.79 Å². The zero-order valence-electron chi connectivity index (χ0n) is 11.9. The smallest absolute Gasteiger partial charge is 0.227 e. The van der Waals surface area contributed by atoms with Crippen molar-refractivity contribution in [1.82, 2.24) is 5.32 Å². The lowest BCUT2D eigenvalue weighted by Gasteiger charge is -2.44. The number of amides is 1. The maximum Gasteiger partial charge on any atom is 0.227 e. The van der Waals surface area contributed by atoms with Crippen molar-refractivity contribution in [3.63, 3.8) is 0 Å². The van der Waals surface area contributed by atoms with Crippen LogP contribution in [0.5, 0.6) is 0 Å². The minimum absolute atomic E-state index is 0.209. The molecule has 2 aliphatic rings. The highest BCUT2D eigenvalue weighted by Gasteiger charge is 2.47. The second kappa shape index (κ2) is 5.60. The summed E-state index contributed by atoms with van der Waals surface area (Å²) in [6, 6.07) is 0. The van der Waals surface area contributed by atoms with E-state index in [2.05, 4.69) is 19.2 Å². The molecule has 2 rings (SSSR count). The van der Waals surface area contributed by atoms with Crippen molar-refractivity contribution < 1.29 is 4.79 Å². The number of carbonyl (C=O) groups excluding carboxylic acids is 1. The van der Waals surface area contributed by atoms with Crippen LogP contribution < -0.4 is 11.1 Å². The third kappa shape index (κ3) is 2.71. The minimum Gasteiger partial charge on any atom is -0.355 e. The van der Waals surface area contributed by atoms with Crippen LogP contribution in [0.15, 0.2) is 0 Å². The molecule has 0 bridgehead atoms. The van der Waals surface area contributed by atoms with E-state index in [-0.39, 0.29) is 11.3 Å². The molecule has 2 atom stereocenters. The van der Waals surface area contributed by atoms with Gasteiger partial charge in [0, 0.05) is 13.1 Å². The molecule has 3 nitrogen and oxygen atoms in total. The van der Waals surface area contributed by atoms with Gasteiger partial charge in [-0.3, -0.25) is 4.79 Å². The molecule has 0 heterocycles. The Kier molecular flexibility index (Phi) is 4.31. The number of hydrogen-bond donors (Lipinski definition) is 2. The molecule has 0 aromatic rings. The Bertz CT molecular complexity index is 297. The van der Waals surface area contributed by atoms with Crippen molar-refractivity contribution in [3.05, 3.63) is 0 Å². The third-order valence-electron chi connectivity index (χ3n) is 5.16. The van der Waals surface area contributed by atoms with E-state index < -0.39 is 0 Å². The van der Waals surface area contributed by atoms with E-state index in [1.807, 2.05) is 0 Å². The summed E-state index contributed by atoms with van der Waals surface area (Å²) in [5, 5.41) is 3.18. The highest BCUT2D eigenvalue weighted by molar-refractivity contribution is 5.83. The first-order chi connectivity index (χ1) is 8.57. The summed E-state index contributed by atoms with van der Waals surface area (Å²) in [5.74, 6) is 2.30. The maximum absolute atomic E-state index is 12.3. The molecule has 2 unspecified atom stereocenters. The van der Waals surface area contributed by atoms with Gasteiger partial charge >= 0.3 is 0 Å². The van der Waals surface area contributed by atoms with Gasteiger partial charge in [0.1, 0.15) is 0 Å². The van der Waals surface area contributed by atoms with Gasteiger partial charge in [-0.2, -0.15) is 0 Å². The SMILES string of the molecule is CC1CC(CN)(C(=O)NCC2CCCCC2C)C1. The van der Waals surface area contributed by atoms with Crippen molar-refractivity contribution in [2.45, 2.75) is 52.4 Å². The Morgan fingerprint density at radius 1 is 1.28 bits per heavy atom. The van der Waals surface area contributed by atoms with E-state index in [1.165, 1.54) is 25.7 Å². The van der Waals surface area contributed by atoms with Gasteiger partial charge in [0.05, 0.1) is 5.41 Å². The predicted molar refractivity (Wildman–Crippen MR) is 74.0 cm³/mol. The highest BCUT2D eigenvalue weighted by atomic mass is 16.2. The lowest BCUT2D eigenvalue weighted by Crippen LogP contribution is -2.54. The Balaban J connectivity index is 1.80. The molecule has 2 fully saturated rings. The maximum atomic E-state index is 12.3. The van der Waals surface area contributed by atoms with Gasteiger partial charge in [-0.1, -0.05) is 33.1 Å². The predicted octanol–water partition coefficient (Wildman–Crippen LogP) is 2.30. The van der Waals surface area contributed by atoms with Gasteiger partial charge in [-0.05, 0) is 37.0 Å². The fourth-order valence-corrected chi connectivity index (χ4v) is 3.83. The normalized spacial score (nSPS) is 40.1. The monoisotopic (exact) mass is 252 g/mol. The van der Waals surface area contributed by atoms with E-state index in [0.717, 1.165) is 25.3 Å². The summed E-state index contributed by atoms with van der Waals surface area (Å²) in [4.78, 5) is 12.3. The molecular formula is C15H28N2O. The van der Waals surface area contributed by atoms with Crippen molar-refractivity contribution >= 4 is 5.91 Å². The summed E-state index contributed by atoms with van der Waals surface area (Å²) in [5.41, 5.74) is 5.57. The van der Waals surface area contributed by atoms with Gasteiger partial charge in [-0.15, -0.1) is 0 Å². The van der Waals surface area contributed by atoms with Gasteiger partial charge in [0.15, 0.2) is 0 Å². The number of carbonyl (C=O) groups is 1. The molecule has 2 aliphatic carbocycles. The summed E-state index contributed by atoms with van der Waals surface area (Å²) < 4.78 is 0. The van der Waals surface area contributed by atoms with Gasteiger partial charge < -0.3 is 11.1 Å². The zero-order valence-corrected chi connectivity index (χ0v) is 11.9.